The van der Waals surface area contributed by atoms with E-state index in [0.717, 1.165) is 23.9 Å². The molecule has 7 rings (SSSR count). The Bertz CT molecular complexity index is 2190. The first-order valence-corrected chi connectivity index (χ1v) is 19.5. The summed E-state index contributed by atoms with van der Waals surface area (Å²) in [5.41, 5.74) is -2.85. The Morgan fingerprint density at radius 2 is 1.92 bits per heavy atom. The molecule has 1 aromatic heterocycles. The van der Waals surface area contributed by atoms with Crippen LogP contribution in [0.2, 0.25) is 0 Å². The van der Waals surface area contributed by atoms with Crippen LogP contribution in [-0.4, -0.2) is 78.8 Å². The van der Waals surface area contributed by atoms with Gasteiger partial charge in [-0.2, -0.15) is 41.6 Å². The van der Waals surface area contributed by atoms with Crippen molar-refractivity contribution in [3.05, 3.63) is 51.3 Å². The van der Waals surface area contributed by atoms with Crippen LogP contribution >= 0.6 is 11.8 Å². The van der Waals surface area contributed by atoms with Crippen LogP contribution in [-0.2, 0) is 27.9 Å². The minimum atomic E-state index is -5.55. The molecule has 2 aromatic carbocycles. The number of ether oxygens (including phenoxy) is 1. The maximum absolute atomic E-state index is 15.6. The van der Waals surface area contributed by atoms with Crippen molar-refractivity contribution < 1.29 is 48.3 Å². The quantitative estimate of drug-likeness (QED) is 0.255. The van der Waals surface area contributed by atoms with Gasteiger partial charge in [0.2, 0.25) is 0 Å². The van der Waals surface area contributed by atoms with Crippen LogP contribution in [0.25, 0.3) is 27.6 Å². The second kappa shape index (κ2) is 13.1. The van der Waals surface area contributed by atoms with Gasteiger partial charge in [-0.15, -0.1) is 11.8 Å². The molecule has 3 saturated heterocycles. The number of nitrogens with two attached hydrogens (primary N) is 1. The molecule has 3 fully saturated rings. The van der Waals surface area contributed by atoms with Gasteiger partial charge in [0, 0.05) is 53.4 Å². The third-order valence-electron chi connectivity index (χ3n) is 10.5. The van der Waals surface area contributed by atoms with E-state index in [1.165, 1.54) is 4.90 Å². The number of thioether (sulfide) groups is 1. The van der Waals surface area contributed by atoms with E-state index >= 15 is 30.7 Å². The SMILES string of the molecule is CCN(c1nc(OC[C@@]23CCCN2C[C@H](F)C3)nc2c(C(F)(F)F)c(-c3ccc(F)c4c3C(C#N)=C(N)SC4)c(C(F)(F)F)cc12)[C@@H]1CCS(=O)(=O)C1. The Hall–Kier alpha value is -3.89. The van der Waals surface area contributed by atoms with Crippen LogP contribution < -0.4 is 15.4 Å². The third kappa shape index (κ3) is 6.53. The molecule has 0 saturated carbocycles. The lowest BCUT2D eigenvalue weighted by molar-refractivity contribution is -0.141. The van der Waals surface area contributed by atoms with Crippen LogP contribution in [0.1, 0.15) is 54.9 Å². The Kier molecular flexibility index (Phi) is 9.29. The van der Waals surface area contributed by atoms with Gasteiger partial charge in [0.1, 0.15) is 30.5 Å². The van der Waals surface area contributed by atoms with Crippen LogP contribution in [0.4, 0.5) is 40.9 Å². The van der Waals surface area contributed by atoms with Crippen molar-refractivity contribution in [2.75, 3.05) is 42.6 Å². The highest BCUT2D eigenvalue weighted by Gasteiger charge is 2.50. The fraction of sp³-hybridized carbons (Fsp3) is 0.500. The number of fused-ring (bicyclic) bond motifs is 3. The minimum Gasteiger partial charge on any atom is -0.461 e. The molecule has 53 heavy (non-hydrogen) atoms. The van der Waals surface area contributed by atoms with E-state index in [2.05, 4.69) is 9.97 Å². The van der Waals surface area contributed by atoms with Crippen molar-refractivity contribution in [3.8, 4) is 23.2 Å². The zero-order chi connectivity index (χ0) is 38.2. The number of allylic oxidation sites excluding steroid dienone is 1. The number of sulfone groups is 1. The average molecular weight is 789 g/mol. The first kappa shape index (κ1) is 37.4. The lowest BCUT2D eigenvalue weighted by Gasteiger charge is -2.32. The maximum Gasteiger partial charge on any atom is 0.419 e. The van der Waals surface area contributed by atoms with E-state index in [4.69, 9.17) is 10.5 Å². The summed E-state index contributed by atoms with van der Waals surface area (Å²) >= 11 is 0.815. The summed E-state index contributed by atoms with van der Waals surface area (Å²) in [6.07, 6.45) is -10.8. The summed E-state index contributed by atoms with van der Waals surface area (Å²) in [6, 6.07) is 2.20. The number of benzene rings is 2. The van der Waals surface area contributed by atoms with E-state index in [1.54, 1.807) is 13.0 Å². The summed E-state index contributed by atoms with van der Waals surface area (Å²) in [5, 5.41) is 9.06. The Morgan fingerprint density at radius 3 is 2.57 bits per heavy atom. The molecule has 3 atom stereocenters. The molecule has 0 radical (unpaired) electrons. The maximum atomic E-state index is 15.6. The molecule has 3 aromatic rings. The Labute approximate surface area is 303 Å². The lowest BCUT2D eigenvalue weighted by atomic mass is 9.84. The van der Waals surface area contributed by atoms with E-state index in [0.29, 0.717) is 25.5 Å². The number of nitrogens with zero attached hydrogens (tertiary/aromatic N) is 5. The predicted octanol–water partition coefficient (Wildman–Crippen LogP) is 6.84. The molecule has 5 heterocycles. The standard InChI is InChI=1S/C34H32F8N6O3S2/c1-2-48(18-6-9-53(49,50)15-18)30-20-10-23(33(37,38)39)26(19-4-5-24(36)22-14-52-29(44)21(12-43)25(19)22)27(34(40,41)42)28(20)45-31(46-30)51-16-32-7-3-8-47(32)13-17(35)11-32/h4-5,10,17-18H,2-3,6-9,11,13-16,44H2,1H3/t17-,18-,32+/m1/s1. The molecule has 4 aliphatic heterocycles. The Balaban J connectivity index is 1.55. The summed E-state index contributed by atoms with van der Waals surface area (Å²) < 4.78 is 153. The zero-order valence-corrected chi connectivity index (χ0v) is 29.7. The highest BCUT2D eigenvalue weighted by Crippen LogP contribution is 2.52. The molecule has 0 spiro atoms. The van der Waals surface area contributed by atoms with Crippen molar-refractivity contribution in [1.29, 1.82) is 5.26 Å². The number of halogens is 8. The topological polar surface area (TPSA) is 125 Å². The third-order valence-corrected chi connectivity index (χ3v) is 13.2. The molecule has 19 heteroatoms. The molecule has 0 unspecified atom stereocenters. The van der Waals surface area contributed by atoms with E-state index < -0.39 is 108 Å². The number of nitriles is 1. The van der Waals surface area contributed by atoms with Crippen molar-refractivity contribution in [1.82, 2.24) is 14.9 Å². The fourth-order valence-electron chi connectivity index (χ4n) is 8.26. The lowest BCUT2D eigenvalue weighted by Crippen LogP contribution is -2.43. The first-order valence-electron chi connectivity index (χ1n) is 16.7. The molecule has 4 aliphatic rings. The van der Waals surface area contributed by atoms with Crippen LogP contribution in [0.15, 0.2) is 23.2 Å². The van der Waals surface area contributed by atoms with Gasteiger partial charge in [-0.1, -0.05) is 6.07 Å². The average Bonchev–Trinajstić information content (AvgIpc) is 3.73. The van der Waals surface area contributed by atoms with Crippen LogP contribution in [0, 0.1) is 17.1 Å². The van der Waals surface area contributed by atoms with Gasteiger partial charge >= 0.3 is 18.4 Å². The number of alkyl halides is 7. The molecular formula is C34H32F8N6O3S2. The molecule has 2 N–H and O–H groups in total. The summed E-state index contributed by atoms with van der Waals surface area (Å²) in [4.78, 5) is 11.7. The summed E-state index contributed by atoms with van der Waals surface area (Å²) in [6.45, 7) is 1.98. The van der Waals surface area contributed by atoms with E-state index in [1.807, 2.05) is 4.90 Å². The van der Waals surface area contributed by atoms with Crippen molar-refractivity contribution >= 4 is 43.9 Å². The van der Waals surface area contributed by atoms with Crippen molar-refractivity contribution in [3.63, 3.8) is 0 Å². The number of rotatable bonds is 7. The van der Waals surface area contributed by atoms with Gasteiger partial charge in [-0.25, -0.2) is 17.2 Å². The number of hydrogen-bond donors (Lipinski definition) is 1. The summed E-state index contributed by atoms with van der Waals surface area (Å²) in [7, 11) is -3.58. The largest absolute Gasteiger partial charge is 0.461 e. The highest BCUT2D eigenvalue weighted by atomic mass is 32.2. The van der Waals surface area contributed by atoms with Crippen molar-refractivity contribution in [2.24, 2.45) is 5.73 Å². The smallest absolute Gasteiger partial charge is 0.419 e. The molecule has 9 nitrogen and oxygen atoms in total. The second-order valence-electron chi connectivity index (χ2n) is 13.7. The fourth-order valence-corrected chi connectivity index (χ4v) is 10.9. The molecule has 0 aliphatic carbocycles. The van der Waals surface area contributed by atoms with Crippen molar-refractivity contribution in [2.45, 2.75) is 68.5 Å². The highest BCUT2D eigenvalue weighted by molar-refractivity contribution is 8.02. The van der Waals surface area contributed by atoms with Gasteiger partial charge in [-0.05, 0) is 50.4 Å². The second-order valence-corrected chi connectivity index (χ2v) is 16.9. The Morgan fingerprint density at radius 1 is 1.17 bits per heavy atom. The zero-order valence-electron chi connectivity index (χ0n) is 28.0. The van der Waals surface area contributed by atoms with Crippen LogP contribution in [0.5, 0.6) is 6.01 Å². The van der Waals surface area contributed by atoms with Gasteiger partial charge in [0.25, 0.3) is 0 Å². The summed E-state index contributed by atoms with van der Waals surface area (Å²) in [5.74, 6) is -2.29. The van der Waals surface area contributed by atoms with Gasteiger partial charge < -0.3 is 15.4 Å². The van der Waals surface area contributed by atoms with E-state index in [9.17, 15) is 18.1 Å². The number of anilines is 1. The predicted molar refractivity (Wildman–Crippen MR) is 182 cm³/mol. The first-order chi connectivity index (χ1) is 24.9. The van der Waals surface area contributed by atoms with Crippen LogP contribution in [0.3, 0.4) is 0 Å². The van der Waals surface area contributed by atoms with Gasteiger partial charge in [-0.3, -0.25) is 4.90 Å². The molecule has 0 amide bonds. The van der Waals surface area contributed by atoms with E-state index in [-0.39, 0.29) is 54.6 Å². The molecule has 284 valence electrons. The van der Waals surface area contributed by atoms with Gasteiger partial charge in [0.15, 0.2) is 9.84 Å². The molecule has 0 bridgehead atoms. The normalized spacial score (nSPS) is 24.4. The monoisotopic (exact) mass is 788 g/mol. The minimum absolute atomic E-state index is 0.0363. The number of hydrogen-bond acceptors (Lipinski definition) is 10. The molecular weight excluding hydrogens is 757 g/mol. The number of aromatic nitrogens is 2. The van der Waals surface area contributed by atoms with Gasteiger partial charge in [0.05, 0.1) is 44.3 Å².